The first-order chi connectivity index (χ1) is 6.25. The van der Waals surface area contributed by atoms with E-state index in [9.17, 15) is 0 Å². The second kappa shape index (κ2) is 3.67. The number of hydrogen-bond acceptors (Lipinski definition) is 4. The predicted molar refractivity (Wildman–Crippen MR) is 53.9 cm³/mol. The van der Waals surface area contributed by atoms with Gasteiger partial charge in [0.2, 0.25) is 0 Å². The van der Waals surface area contributed by atoms with Crippen molar-refractivity contribution in [1.82, 2.24) is 9.88 Å². The average molecular weight is 246 g/mol. The largest absolute Gasteiger partial charge is 0.431 e. The molecule has 1 aliphatic rings. The summed E-state index contributed by atoms with van der Waals surface area (Å²) >= 11 is 3.27. The lowest BCUT2D eigenvalue weighted by molar-refractivity contribution is 0.305. The molecule has 0 spiro atoms. The molecule has 0 atom stereocenters. The number of rotatable bonds is 1. The molecule has 1 aliphatic heterocycles. The molecule has 2 heterocycles. The molecule has 0 N–H and O–H groups in total. The molecule has 0 aromatic carbocycles. The third kappa shape index (κ3) is 2.03. The number of nitrogens with zero attached hydrogens (tertiary/aromatic N) is 3. The van der Waals surface area contributed by atoms with E-state index in [1.165, 1.54) is 0 Å². The van der Waals surface area contributed by atoms with Gasteiger partial charge in [0.1, 0.15) is 10.9 Å². The second-order valence-electron chi connectivity index (χ2n) is 3.24. The molecule has 1 aromatic rings. The zero-order valence-corrected chi connectivity index (χ0v) is 9.12. The van der Waals surface area contributed by atoms with Crippen LogP contribution in [0.4, 0.5) is 6.01 Å². The van der Waals surface area contributed by atoms with E-state index in [-0.39, 0.29) is 0 Å². The summed E-state index contributed by atoms with van der Waals surface area (Å²) in [6, 6.07) is 0.722. The van der Waals surface area contributed by atoms with E-state index < -0.39 is 0 Å². The number of halogens is 1. The number of anilines is 1. The van der Waals surface area contributed by atoms with Crippen molar-refractivity contribution < 1.29 is 4.42 Å². The van der Waals surface area contributed by atoms with Crippen molar-refractivity contribution in [2.24, 2.45) is 0 Å². The first-order valence-electron chi connectivity index (χ1n) is 4.30. The minimum Gasteiger partial charge on any atom is -0.431 e. The smallest absolute Gasteiger partial charge is 0.298 e. The summed E-state index contributed by atoms with van der Waals surface area (Å²) in [5.74, 6) is 0. The third-order valence-electron chi connectivity index (χ3n) is 2.24. The normalized spacial score (nSPS) is 19.4. The van der Waals surface area contributed by atoms with E-state index in [4.69, 9.17) is 4.42 Å². The van der Waals surface area contributed by atoms with Crippen molar-refractivity contribution in [3.8, 4) is 0 Å². The predicted octanol–water partition coefficient (Wildman–Crippen LogP) is 1.19. The van der Waals surface area contributed by atoms with Crippen molar-refractivity contribution in [3.05, 3.63) is 10.9 Å². The van der Waals surface area contributed by atoms with Crippen LogP contribution in [0.25, 0.3) is 0 Å². The number of aromatic nitrogens is 1. The van der Waals surface area contributed by atoms with Gasteiger partial charge in [-0.05, 0) is 23.0 Å². The molecule has 2 rings (SSSR count). The molecule has 0 amide bonds. The standard InChI is InChI=1S/C8H12BrN3O/c1-11-2-4-12(5-3-11)8-10-7(9)6-13-8/h6H,2-5H2,1H3. The second-order valence-corrected chi connectivity index (χ2v) is 4.06. The van der Waals surface area contributed by atoms with Gasteiger partial charge in [-0.3, -0.25) is 0 Å². The Morgan fingerprint density at radius 1 is 1.38 bits per heavy atom. The number of oxazole rings is 1. The van der Waals surface area contributed by atoms with Gasteiger partial charge >= 0.3 is 0 Å². The Balaban J connectivity index is 2.02. The van der Waals surface area contributed by atoms with Crippen LogP contribution < -0.4 is 4.90 Å². The van der Waals surface area contributed by atoms with E-state index in [0.29, 0.717) is 0 Å². The molecule has 0 aliphatic carbocycles. The van der Waals surface area contributed by atoms with E-state index in [2.05, 4.69) is 37.8 Å². The zero-order chi connectivity index (χ0) is 9.26. The van der Waals surface area contributed by atoms with Crippen LogP contribution in [0.1, 0.15) is 0 Å². The minimum atomic E-state index is 0.722. The van der Waals surface area contributed by atoms with E-state index in [1.807, 2.05) is 0 Å². The molecule has 13 heavy (non-hydrogen) atoms. The highest BCUT2D eigenvalue weighted by molar-refractivity contribution is 9.10. The van der Waals surface area contributed by atoms with Crippen LogP contribution in [0.3, 0.4) is 0 Å². The Hall–Kier alpha value is -0.550. The minimum absolute atomic E-state index is 0.722. The maximum Gasteiger partial charge on any atom is 0.298 e. The first kappa shape index (κ1) is 9.02. The molecule has 5 heteroatoms. The molecule has 72 valence electrons. The van der Waals surface area contributed by atoms with Crippen LogP contribution in [-0.4, -0.2) is 43.1 Å². The fourth-order valence-corrected chi connectivity index (χ4v) is 1.63. The first-order valence-corrected chi connectivity index (χ1v) is 5.09. The Kier molecular flexibility index (Phi) is 2.55. The Morgan fingerprint density at radius 3 is 2.62 bits per heavy atom. The summed E-state index contributed by atoms with van der Waals surface area (Å²) in [4.78, 5) is 8.67. The van der Waals surface area contributed by atoms with Gasteiger partial charge in [-0.15, -0.1) is 0 Å². The summed E-state index contributed by atoms with van der Waals surface area (Å²) in [5.41, 5.74) is 0. The SMILES string of the molecule is CN1CCN(c2nc(Br)co2)CC1. The van der Waals surface area contributed by atoms with Crippen molar-refractivity contribution in [3.63, 3.8) is 0 Å². The van der Waals surface area contributed by atoms with Crippen LogP contribution in [0.2, 0.25) is 0 Å². The van der Waals surface area contributed by atoms with Crippen LogP contribution in [-0.2, 0) is 0 Å². The zero-order valence-electron chi connectivity index (χ0n) is 7.53. The summed E-state index contributed by atoms with van der Waals surface area (Å²) < 4.78 is 6.05. The lowest BCUT2D eigenvalue weighted by atomic mass is 10.3. The van der Waals surface area contributed by atoms with Crippen molar-refractivity contribution >= 4 is 21.9 Å². The Bertz CT molecular complexity index is 281. The summed E-state index contributed by atoms with van der Waals surface area (Å²) in [7, 11) is 2.13. The van der Waals surface area contributed by atoms with Gasteiger partial charge in [-0.1, -0.05) is 0 Å². The molecular weight excluding hydrogens is 234 g/mol. The quantitative estimate of drug-likeness (QED) is 0.745. The van der Waals surface area contributed by atoms with E-state index in [1.54, 1.807) is 6.26 Å². The molecule has 0 saturated carbocycles. The Morgan fingerprint density at radius 2 is 2.08 bits per heavy atom. The third-order valence-corrected chi connectivity index (χ3v) is 2.60. The average Bonchev–Trinajstić information content (AvgIpc) is 2.53. The highest BCUT2D eigenvalue weighted by atomic mass is 79.9. The molecule has 1 fully saturated rings. The highest BCUT2D eigenvalue weighted by Gasteiger charge is 2.17. The van der Waals surface area contributed by atoms with Gasteiger partial charge < -0.3 is 14.2 Å². The monoisotopic (exact) mass is 245 g/mol. The number of piperazine rings is 1. The van der Waals surface area contributed by atoms with Crippen molar-refractivity contribution in [2.75, 3.05) is 38.1 Å². The van der Waals surface area contributed by atoms with Gasteiger partial charge in [-0.2, -0.15) is 4.98 Å². The van der Waals surface area contributed by atoms with Gasteiger partial charge in [-0.25, -0.2) is 0 Å². The fraction of sp³-hybridized carbons (Fsp3) is 0.625. The van der Waals surface area contributed by atoms with Crippen molar-refractivity contribution in [2.45, 2.75) is 0 Å². The fourth-order valence-electron chi connectivity index (χ4n) is 1.39. The Labute approximate surface area is 85.7 Å². The highest BCUT2D eigenvalue weighted by Crippen LogP contribution is 2.18. The summed E-state index contributed by atoms with van der Waals surface area (Å²) in [6.45, 7) is 4.12. The summed E-state index contributed by atoms with van der Waals surface area (Å²) in [6.07, 6.45) is 1.62. The lowest BCUT2D eigenvalue weighted by Crippen LogP contribution is -2.44. The summed E-state index contributed by atoms with van der Waals surface area (Å²) in [5, 5.41) is 0. The maximum absolute atomic E-state index is 5.29. The topological polar surface area (TPSA) is 32.5 Å². The van der Waals surface area contributed by atoms with Gasteiger partial charge in [0.05, 0.1) is 0 Å². The van der Waals surface area contributed by atoms with E-state index in [0.717, 1.165) is 36.8 Å². The molecule has 4 nitrogen and oxygen atoms in total. The van der Waals surface area contributed by atoms with Crippen LogP contribution in [0.15, 0.2) is 15.3 Å². The van der Waals surface area contributed by atoms with Crippen molar-refractivity contribution in [1.29, 1.82) is 0 Å². The molecule has 1 aromatic heterocycles. The van der Waals surface area contributed by atoms with Crippen LogP contribution in [0.5, 0.6) is 0 Å². The van der Waals surface area contributed by atoms with Crippen LogP contribution in [0, 0.1) is 0 Å². The molecule has 0 unspecified atom stereocenters. The maximum atomic E-state index is 5.29. The lowest BCUT2D eigenvalue weighted by Gasteiger charge is -2.31. The molecular formula is C8H12BrN3O. The van der Waals surface area contributed by atoms with Crippen LogP contribution >= 0.6 is 15.9 Å². The van der Waals surface area contributed by atoms with Gasteiger partial charge in [0.25, 0.3) is 6.01 Å². The van der Waals surface area contributed by atoms with Gasteiger partial charge in [0, 0.05) is 26.2 Å². The van der Waals surface area contributed by atoms with Gasteiger partial charge in [0.15, 0.2) is 0 Å². The van der Waals surface area contributed by atoms with E-state index >= 15 is 0 Å². The molecule has 1 saturated heterocycles. The molecule has 0 bridgehead atoms. The molecule has 0 radical (unpaired) electrons. The number of hydrogen-bond donors (Lipinski definition) is 0. The number of likely N-dealkylation sites (N-methyl/N-ethyl adjacent to an activating group) is 1.